The van der Waals surface area contributed by atoms with Gasteiger partial charge in [-0.1, -0.05) is 91.0 Å². The molecule has 2 amide bonds. The average Bonchev–Trinajstić information content (AvgIpc) is 3.84. The van der Waals surface area contributed by atoms with Gasteiger partial charge in [0.25, 0.3) is 0 Å². The van der Waals surface area contributed by atoms with E-state index in [1.165, 1.54) is 22.5 Å². The molecule has 0 atom stereocenters. The maximum absolute atomic E-state index is 13.4. The summed E-state index contributed by atoms with van der Waals surface area (Å²) >= 11 is 0. The van der Waals surface area contributed by atoms with E-state index in [9.17, 15) is 9.59 Å². The number of imidazole rings is 1. The number of hydrogen-bond donors (Lipinski definition) is 0. The van der Waals surface area contributed by atoms with Gasteiger partial charge in [-0.3, -0.25) is 9.59 Å². The zero-order valence-corrected chi connectivity index (χ0v) is 33.4. The molecule has 5 aromatic rings. The van der Waals surface area contributed by atoms with Crippen LogP contribution in [0.5, 0.6) is 0 Å². The summed E-state index contributed by atoms with van der Waals surface area (Å²) in [5.41, 5.74) is 6.72. The molecule has 5 aliphatic heterocycles. The molecular formula is C48H55N7O2. The van der Waals surface area contributed by atoms with Crippen LogP contribution in [0.25, 0.3) is 11.0 Å². The molecule has 9 nitrogen and oxygen atoms in total. The van der Waals surface area contributed by atoms with Gasteiger partial charge in [-0.05, 0) is 86.3 Å². The number of amidine groups is 1. The second-order valence-electron chi connectivity index (χ2n) is 17.0. The SMILES string of the molecule is Cn1c(N2CCC3(CCCN(Cc4ccccc4)C3=O)CC2)nc2ccccc21.O=C1N(Cc2ccccc2)CCCC12CCN(C1=Nc3ccccc3C1)CC2. The Morgan fingerprint density at radius 3 is 1.63 bits per heavy atom. The first-order valence-electron chi connectivity index (χ1n) is 21.1. The van der Waals surface area contributed by atoms with Crippen molar-refractivity contribution in [1.82, 2.24) is 24.3 Å². The molecule has 0 bridgehead atoms. The molecule has 9 heteroatoms. The number of likely N-dealkylation sites (tertiary alicyclic amines) is 3. The van der Waals surface area contributed by atoms with Crippen LogP contribution >= 0.6 is 0 Å². The van der Waals surface area contributed by atoms with Gasteiger partial charge in [-0.15, -0.1) is 0 Å². The van der Waals surface area contributed by atoms with Gasteiger partial charge in [-0.2, -0.15) is 0 Å². The zero-order chi connectivity index (χ0) is 38.8. The van der Waals surface area contributed by atoms with E-state index in [-0.39, 0.29) is 10.8 Å². The third kappa shape index (κ3) is 7.44. The molecule has 0 aliphatic carbocycles. The van der Waals surface area contributed by atoms with Crippen molar-refractivity contribution in [3.8, 4) is 0 Å². The lowest BCUT2D eigenvalue weighted by molar-refractivity contribution is -0.150. The number of carbonyl (C=O) groups is 2. The number of carbonyl (C=O) groups excluding carboxylic acids is 2. The van der Waals surface area contributed by atoms with Crippen LogP contribution in [0.3, 0.4) is 0 Å². The highest BCUT2D eigenvalue weighted by atomic mass is 16.2. The molecule has 0 radical (unpaired) electrons. The summed E-state index contributed by atoms with van der Waals surface area (Å²) in [5, 5.41) is 0. The number of nitrogens with zero attached hydrogens (tertiary/aromatic N) is 7. The largest absolute Gasteiger partial charge is 0.360 e. The summed E-state index contributed by atoms with van der Waals surface area (Å²) in [6, 6.07) is 37.4. The standard InChI is InChI=1S/C24H28N4O.C24H27N3O/c1-26-21-11-6-5-10-20(21)25-23(26)27-16-13-24(14-17-27)12-7-15-28(22(24)29)18-19-8-3-2-4-9-19;28-23-24(11-6-14-27(23)18-19-7-2-1-3-8-19)12-15-26(16-13-24)22-17-20-9-4-5-10-21(20)25-22/h2-6,8-11H,7,12-18H2,1H3;1-5,7-10H,6,11-18H2. The number of anilines is 1. The Labute approximate surface area is 337 Å². The Kier molecular flexibility index (Phi) is 10.3. The first-order chi connectivity index (χ1) is 27.9. The molecule has 2 spiro atoms. The van der Waals surface area contributed by atoms with Gasteiger partial charge in [0.15, 0.2) is 0 Å². The van der Waals surface area contributed by atoms with Crippen molar-refractivity contribution in [3.63, 3.8) is 0 Å². The second-order valence-corrected chi connectivity index (χ2v) is 17.0. The maximum atomic E-state index is 13.4. The molecule has 0 N–H and O–H groups in total. The average molecular weight is 762 g/mol. The van der Waals surface area contributed by atoms with E-state index in [1.54, 1.807) is 0 Å². The van der Waals surface area contributed by atoms with Crippen molar-refractivity contribution in [3.05, 3.63) is 126 Å². The molecule has 5 aliphatic rings. The highest BCUT2D eigenvalue weighted by Gasteiger charge is 2.47. The molecule has 4 saturated heterocycles. The summed E-state index contributed by atoms with van der Waals surface area (Å²) in [7, 11) is 2.09. The summed E-state index contributed by atoms with van der Waals surface area (Å²) in [6.07, 6.45) is 8.94. The van der Waals surface area contributed by atoms with Crippen LogP contribution in [0.4, 0.5) is 11.6 Å². The van der Waals surface area contributed by atoms with Crippen molar-refractivity contribution in [2.45, 2.75) is 70.9 Å². The molecule has 294 valence electrons. The summed E-state index contributed by atoms with van der Waals surface area (Å²) in [6.45, 7) is 6.91. The van der Waals surface area contributed by atoms with Crippen LogP contribution < -0.4 is 4.90 Å². The fourth-order valence-corrected chi connectivity index (χ4v) is 10.2. The van der Waals surface area contributed by atoms with E-state index in [4.69, 9.17) is 9.98 Å². The van der Waals surface area contributed by atoms with Gasteiger partial charge >= 0.3 is 0 Å². The molecule has 4 aromatic carbocycles. The van der Waals surface area contributed by atoms with Crippen LogP contribution in [0.1, 0.15) is 68.1 Å². The monoisotopic (exact) mass is 761 g/mol. The molecule has 10 rings (SSSR count). The number of para-hydroxylation sites is 3. The van der Waals surface area contributed by atoms with E-state index >= 15 is 0 Å². The fraction of sp³-hybridized carbons (Fsp3) is 0.417. The predicted octanol–water partition coefficient (Wildman–Crippen LogP) is 8.16. The van der Waals surface area contributed by atoms with Crippen LogP contribution in [-0.4, -0.2) is 81.2 Å². The van der Waals surface area contributed by atoms with E-state index in [2.05, 4.69) is 122 Å². The number of fused-ring (bicyclic) bond motifs is 2. The molecule has 57 heavy (non-hydrogen) atoms. The summed E-state index contributed by atoms with van der Waals surface area (Å²) in [5.74, 6) is 2.93. The van der Waals surface area contributed by atoms with Crippen LogP contribution in [0.2, 0.25) is 0 Å². The van der Waals surface area contributed by atoms with Crippen molar-refractivity contribution in [1.29, 1.82) is 0 Å². The van der Waals surface area contributed by atoms with Gasteiger partial charge in [0, 0.05) is 65.8 Å². The molecule has 1 aromatic heterocycles. The van der Waals surface area contributed by atoms with Crippen molar-refractivity contribution in [2.24, 2.45) is 22.9 Å². The van der Waals surface area contributed by atoms with Crippen LogP contribution in [-0.2, 0) is 36.1 Å². The number of amides is 2. The number of rotatable bonds is 5. The molecule has 6 heterocycles. The lowest BCUT2D eigenvalue weighted by atomic mass is 9.71. The van der Waals surface area contributed by atoms with Gasteiger partial charge < -0.3 is 24.2 Å². The fourth-order valence-electron chi connectivity index (χ4n) is 10.2. The van der Waals surface area contributed by atoms with Gasteiger partial charge in [0.1, 0.15) is 5.84 Å². The number of piperidine rings is 4. The highest BCUT2D eigenvalue weighted by molar-refractivity contribution is 5.92. The quantitative estimate of drug-likeness (QED) is 0.181. The van der Waals surface area contributed by atoms with Crippen molar-refractivity contribution < 1.29 is 9.59 Å². The number of hydrogen-bond acceptors (Lipinski definition) is 6. The topological polar surface area (TPSA) is 77.3 Å². The van der Waals surface area contributed by atoms with Crippen LogP contribution in [0.15, 0.2) is 114 Å². The minimum Gasteiger partial charge on any atom is -0.360 e. The Morgan fingerprint density at radius 2 is 1.07 bits per heavy atom. The van der Waals surface area contributed by atoms with Crippen LogP contribution in [0, 0.1) is 10.8 Å². The molecule has 4 fully saturated rings. The molecule has 0 saturated carbocycles. The Hall–Kier alpha value is -5.44. The number of benzene rings is 4. The predicted molar refractivity (Wildman–Crippen MR) is 227 cm³/mol. The third-order valence-corrected chi connectivity index (χ3v) is 13.5. The number of aliphatic imine (C=N–C) groups is 1. The number of aryl methyl sites for hydroxylation is 1. The lowest BCUT2D eigenvalue weighted by Crippen LogP contribution is -2.54. The van der Waals surface area contributed by atoms with E-state index in [0.29, 0.717) is 11.8 Å². The van der Waals surface area contributed by atoms with Gasteiger partial charge in [-0.25, -0.2) is 9.98 Å². The van der Waals surface area contributed by atoms with Gasteiger partial charge in [0.05, 0.1) is 27.6 Å². The van der Waals surface area contributed by atoms with E-state index < -0.39 is 0 Å². The Morgan fingerprint density at radius 1 is 0.561 bits per heavy atom. The van der Waals surface area contributed by atoms with Crippen molar-refractivity contribution in [2.75, 3.05) is 44.2 Å². The minimum atomic E-state index is -0.186. The first kappa shape index (κ1) is 37.2. The molecular weight excluding hydrogens is 707 g/mol. The molecule has 0 unspecified atom stereocenters. The zero-order valence-electron chi connectivity index (χ0n) is 33.4. The Balaban J connectivity index is 0.000000148. The maximum Gasteiger partial charge on any atom is 0.229 e. The lowest BCUT2D eigenvalue weighted by Gasteiger charge is -2.47. The van der Waals surface area contributed by atoms with Gasteiger partial charge in [0.2, 0.25) is 17.8 Å². The second kappa shape index (κ2) is 15.8. The smallest absolute Gasteiger partial charge is 0.229 e. The van der Waals surface area contributed by atoms with E-state index in [1.807, 2.05) is 18.2 Å². The number of aromatic nitrogens is 2. The Bertz CT molecular complexity index is 2230. The minimum absolute atomic E-state index is 0.157. The van der Waals surface area contributed by atoms with Crippen molar-refractivity contribution >= 4 is 40.3 Å². The summed E-state index contributed by atoms with van der Waals surface area (Å²) < 4.78 is 2.18. The first-order valence-corrected chi connectivity index (χ1v) is 21.1. The third-order valence-electron chi connectivity index (χ3n) is 13.5. The van der Waals surface area contributed by atoms with E-state index in [0.717, 1.165) is 133 Å². The summed E-state index contributed by atoms with van der Waals surface area (Å²) in [4.78, 5) is 45.5. The normalized spacial score (nSPS) is 20.1. The highest BCUT2D eigenvalue weighted by Crippen LogP contribution is 2.44.